The second-order valence-electron chi connectivity index (χ2n) is 4.81. The van der Waals surface area contributed by atoms with Crippen LogP contribution in [0, 0.1) is 11.6 Å². The average molecular weight is 290 g/mol. The van der Waals surface area contributed by atoms with Gasteiger partial charge in [-0.1, -0.05) is 11.6 Å². The van der Waals surface area contributed by atoms with Gasteiger partial charge >= 0.3 is 0 Å². The molecule has 0 saturated carbocycles. The van der Waals surface area contributed by atoms with E-state index in [1.807, 2.05) is 0 Å². The third-order valence-electron chi connectivity index (χ3n) is 3.64. The summed E-state index contributed by atoms with van der Waals surface area (Å²) in [5.74, 6) is -1.81. The molecular weight excluding hydrogens is 276 g/mol. The van der Waals surface area contributed by atoms with Gasteiger partial charge in [0.2, 0.25) is 0 Å². The van der Waals surface area contributed by atoms with E-state index in [1.165, 1.54) is 0 Å². The van der Waals surface area contributed by atoms with Gasteiger partial charge in [0, 0.05) is 31.0 Å². The summed E-state index contributed by atoms with van der Waals surface area (Å²) in [7, 11) is 0. The van der Waals surface area contributed by atoms with Crippen molar-refractivity contribution in [2.24, 2.45) is 0 Å². The highest BCUT2D eigenvalue weighted by atomic mass is 35.5. The summed E-state index contributed by atoms with van der Waals surface area (Å²) >= 11 is 5.62. The fraction of sp³-hybridized carbons (Fsp3) is 0.538. The lowest BCUT2D eigenvalue weighted by atomic mass is 10.0. The fourth-order valence-corrected chi connectivity index (χ4v) is 2.88. The van der Waals surface area contributed by atoms with Crippen molar-refractivity contribution in [1.29, 1.82) is 0 Å². The molecule has 2 aliphatic heterocycles. The summed E-state index contributed by atoms with van der Waals surface area (Å²) in [6, 6.07) is 2.26. The first-order valence-electron chi connectivity index (χ1n) is 6.27. The Morgan fingerprint density at radius 2 is 1.58 bits per heavy atom. The van der Waals surface area contributed by atoms with Gasteiger partial charge < -0.3 is 14.4 Å². The van der Waals surface area contributed by atoms with Crippen LogP contribution in [0.4, 0.5) is 14.5 Å². The number of ether oxygens (including phenoxy) is 2. The zero-order valence-corrected chi connectivity index (χ0v) is 11.1. The minimum Gasteiger partial charge on any atom is -0.366 e. The number of piperidine rings is 1. The zero-order chi connectivity index (χ0) is 13.5. The Kier molecular flexibility index (Phi) is 3.37. The predicted molar refractivity (Wildman–Crippen MR) is 67.5 cm³/mol. The first-order valence-corrected chi connectivity index (χ1v) is 6.65. The summed E-state index contributed by atoms with van der Waals surface area (Å²) in [6.45, 7) is 2.16. The summed E-state index contributed by atoms with van der Waals surface area (Å²) in [4.78, 5) is 1.68. The van der Waals surface area contributed by atoms with Gasteiger partial charge in [-0.15, -0.1) is 0 Å². The van der Waals surface area contributed by atoms with E-state index in [2.05, 4.69) is 0 Å². The smallest absolute Gasteiger partial charge is 0.171 e. The second-order valence-corrected chi connectivity index (χ2v) is 5.25. The molecule has 1 aromatic rings. The first kappa shape index (κ1) is 13.1. The molecule has 2 fully saturated rings. The van der Waals surface area contributed by atoms with Crippen molar-refractivity contribution in [3.63, 3.8) is 0 Å². The predicted octanol–water partition coefficient (Wildman–Crippen LogP) is 2.96. The molecule has 1 aromatic carbocycles. The molecule has 0 unspecified atom stereocenters. The maximum atomic E-state index is 13.8. The van der Waals surface area contributed by atoms with Crippen LogP contribution in [-0.2, 0) is 9.47 Å². The Balaban J connectivity index is 1.78. The Labute approximate surface area is 115 Å². The second kappa shape index (κ2) is 4.89. The zero-order valence-electron chi connectivity index (χ0n) is 10.3. The fourth-order valence-electron chi connectivity index (χ4n) is 2.69. The highest BCUT2D eigenvalue weighted by molar-refractivity contribution is 6.30. The summed E-state index contributed by atoms with van der Waals surface area (Å²) in [5.41, 5.74) is -0.0164. The number of benzene rings is 1. The Morgan fingerprint density at radius 3 is 2.11 bits per heavy atom. The third kappa shape index (κ3) is 2.42. The molecular formula is C13H14ClF2NO2. The number of hydrogen-bond acceptors (Lipinski definition) is 3. The van der Waals surface area contributed by atoms with E-state index in [0.717, 1.165) is 12.1 Å². The maximum Gasteiger partial charge on any atom is 0.171 e. The van der Waals surface area contributed by atoms with E-state index in [9.17, 15) is 8.78 Å². The van der Waals surface area contributed by atoms with Crippen LogP contribution in [0.3, 0.4) is 0 Å². The molecule has 0 amide bonds. The summed E-state index contributed by atoms with van der Waals surface area (Å²) < 4.78 is 38.8. The lowest BCUT2D eigenvalue weighted by Crippen LogP contribution is -2.45. The monoisotopic (exact) mass is 289 g/mol. The van der Waals surface area contributed by atoms with Gasteiger partial charge in [0.15, 0.2) is 17.4 Å². The number of anilines is 1. The molecule has 0 radical (unpaired) electrons. The van der Waals surface area contributed by atoms with Gasteiger partial charge in [-0.05, 0) is 12.1 Å². The molecule has 19 heavy (non-hydrogen) atoms. The lowest BCUT2D eigenvalue weighted by Gasteiger charge is -2.38. The van der Waals surface area contributed by atoms with Crippen molar-refractivity contribution in [3.05, 3.63) is 28.8 Å². The normalized spacial score (nSPS) is 22.2. The van der Waals surface area contributed by atoms with Gasteiger partial charge in [0.25, 0.3) is 0 Å². The van der Waals surface area contributed by atoms with Crippen LogP contribution in [0.15, 0.2) is 12.1 Å². The van der Waals surface area contributed by atoms with Crippen molar-refractivity contribution in [2.45, 2.75) is 18.6 Å². The largest absolute Gasteiger partial charge is 0.366 e. The molecule has 104 valence electrons. The van der Waals surface area contributed by atoms with E-state index in [1.54, 1.807) is 4.90 Å². The molecule has 0 aliphatic carbocycles. The van der Waals surface area contributed by atoms with Crippen LogP contribution in [0.5, 0.6) is 0 Å². The summed E-state index contributed by atoms with van der Waals surface area (Å²) in [5, 5.41) is 0.0645. The van der Waals surface area contributed by atoms with Gasteiger partial charge in [0.05, 0.1) is 13.2 Å². The molecule has 2 aliphatic rings. The molecule has 3 nitrogen and oxygen atoms in total. The summed E-state index contributed by atoms with van der Waals surface area (Å²) in [6.07, 6.45) is 1.21. The molecule has 0 N–H and O–H groups in total. The van der Waals surface area contributed by atoms with Crippen molar-refractivity contribution >= 4 is 17.3 Å². The molecule has 3 rings (SSSR count). The highest BCUT2D eigenvalue weighted by Crippen LogP contribution is 2.35. The van der Waals surface area contributed by atoms with Crippen LogP contribution in [0.2, 0.25) is 5.02 Å². The Bertz CT molecular complexity index is 459. The Morgan fingerprint density at radius 1 is 1.05 bits per heavy atom. The van der Waals surface area contributed by atoms with Crippen molar-refractivity contribution in [2.75, 3.05) is 31.2 Å². The SMILES string of the molecule is Fc1cc(Cl)cc(F)c1N1CCC2(CC1)OCCO2. The number of hydrogen-bond donors (Lipinski definition) is 0. The lowest BCUT2D eigenvalue weighted by molar-refractivity contribution is -0.169. The van der Waals surface area contributed by atoms with E-state index in [-0.39, 0.29) is 10.7 Å². The van der Waals surface area contributed by atoms with E-state index in [4.69, 9.17) is 21.1 Å². The molecule has 2 saturated heterocycles. The van der Waals surface area contributed by atoms with Gasteiger partial charge in [0.1, 0.15) is 5.69 Å². The number of rotatable bonds is 1. The van der Waals surface area contributed by atoms with Crippen LogP contribution >= 0.6 is 11.6 Å². The van der Waals surface area contributed by atoms with Gasteiger partial charge in [-0.3, -0.25) is 0 Å². The maximum absolute atomic E-state index is 13.8. The van der Waals surface area contributed by atoms with E-state index >= 15 is 0 Å². The first-order chi connectivity index (χ1) is 9.10. The molecule has 0 bridgehead atoms. The number of halogens is 3. The Hall–Kier alpha value is -0.910. The quantitative estimate of drug-likeness (QED) is 0.793. The van der Waals surface area contributed by atoms with Crippen LogP contribution in [0.25, 0.3) is 0 Å². The van der Waals surface area contributed by atoms with Crippen LogP contribution in [0.1, 0.15) is 12.8 Å². The number of nitrogens with zero attached hydrogens (tertiary/aromatic N) is 1. The molecule has 6 heteroatoms. The van der Waals surface area contributed by atoms with Gasteiger partial charge in [-0.2, -0.15) is 0 Å². The van der Waals surface area contributed by atoms with Crippen molar-refractivity contribution in [3.8, 4) is 0 Å². The van der Waals surface area contributed by atoms with E-state index < -0.39 is 17.4 Å². The molecule has 0 atom stereocenters. The minimum absolute atomic E-state index is 0.0164. The topological polar surface area (TPSA) is 21.7 Å². The third-order valence-corrected chi connectivity index (χ3v) is 3.85. The van der Waals surface area contributed by atoms with E-state index in [0.29, 0.717) is 39.1 Å². The van der Waals surface area contributed by atoms with Crippen molar-refractivity contribution < 1.29 is 18.3 Å². The molecule has 1 spiro atoms. The van der Waals surface area contributed by atoms with Gasteiger partial charge in [-0.25, -0.2) is 8.78 Å². The average Bonchev–Trinajstić information content (AvgIpc) is 2.79. The van der Waals surface area contributed by atoms with Crippen molar-refractivity contribution in [1.82, 2.24) is 0 Å². The van der Waals surface area contributed by atoms with Crippen LogP contribution < -0.4 is 4.90 Å². The standard InChI is InChI=1S/C13H14ClF2NO2/c14-9-7-10(15)12(11(16)8-9)17-3-1-13(2-4-17)18-5-6-19-13/h7-8H,1-6H2. The highest BCUT2D eigenvalue weighted by Gasteiger charge is 2.40. The van der Waals surface area contributed by atoms with Crippen LogP contribution in [-0.4, -0.2) is 32.1 Å². The molecule has 0 aromatic heterocycles. The molecule has 2 heterocycles. The minimum atomic E-state index is -0.630.